The van der Waals surface area contributed by atoms with Gasteiger partial charge in [-0.25, -0.2) is 4.79 Å². The Balaban J connectivity index is 2.02. The van der Waals surface area contributed by atoms with Crippen LogP contribution < -0.4 is 5.32 Å². The van der Waals surface area contributed by atoms with Gasteiger partial charge >= 0.3 is 5.97 Å². The van der Waals surface area contributed by atoms with E-state index in [4.69, 9.17) is 9.52 Å². The maximum Gasteiger partial charge on any atom is 0.371 e. The van der Waals surface area contributed by atoms with E-state index in [1.54, 1.807) is 17.4 Å². The zero-order valence-corrected chi connectivity index (χ0v) is 11.0. The van der Waals surface area contributed by atoms with Crippen LogP contribution in [0, 0.1) is 0 Å². The third kappa shape index (κ3) is 2.80. The molecule has 2 rings (SSSR count). The topological polar surface area (TPSA) is 62.5 Å². The van der Waals surface area contributed by atoms with Gasteiger partial charge in [0.1, 0.15) is 5.76 Å². The van der Waals surface area contributed by atoms with Crippen LogP contribution in [0.1, 0.15) is 47.8 Å². The van der Waals surface area contributed by atoms with Crippen LogP contribution in [0.2, 0.25) is 0 Å². The highest BCUT2D eigenvalue weighted by atomic mass is 32.1. The second-order valence-electron chi connectivity index (χ2n) is 4.17. The van der Waals surface area contributed by atoms with Gasteiger partial charge < -0.3 is 14.8 Å². The average Bonchev–Trinajstić information content (AvgIpc) is 3.00. The van der Waals surface area contributed by atoms with Crippen molar-refractivity contribution in [1.82, 2.24) is 5.32 Å². The standard InChI is InChI=1S/C13H15NO3S/c1-8(10-5-6-18-7-10)14-9(2)11-3-4-12(17-11)13(15)16/h3-9,14H,1-2H3,(H,15,16). The average molecular weight is 265 g/mol. The van der Waals surface area contributed by atoms with Crippen molar-refractivity contribution < 1.29 is 14.3 Å². The number of thiophene rings is 1. The molecular weight excluding hydrogens is 250 g/mol. The first-order chi connectivity index (χ1) is 8.58. The van der Waals surface area contributed by atoms with Gasteiger partial charge in [0.15, 0.2) is 0 Å². The fraction of sp³-hybridized carbons (Fsp3) is 0.308. The van der Waals surface area contributed by atoms with E-state index in [1.165, 1.54) is 11.6 Å². The van der Waals surface area contributed by atoms with Crippen LogP contribution in [-0.4, -0.2) is 11.1 Å². The van der Waals surface area contributed by atoms with Gasteiger partial charge in [-0.15, -0.1) is 0 Å². The van der Waals surface area contributed by atoms with Crippen LogP contribution in [0.5, 0.6) is 0 Å². The molecule has 0 saturated carbocycles. The molecule has 0 aliphatic carbocycles. The molecule has 5 heteroatoms. The van der Waals surface area contributed by atoms with Gasteiger partial charge in [-0.3, -0.25) is 0 Å². The summed E-state index contributed by atoms with van der Waals surface area (Å²) in [6, 6.07) is 5.41. The number of hydrogen-bond donors (Lipinski definition) is 2. The Labute approximate surface area is 109 Å². The predicted octanol–water partition coefficient (Wildman–Crippen LogP) is 3.45. The molecule has 2 unspecified atom stereocenters. The molecule has 2 aromatic rings. The highest BCUT2D eigenvalue weighted by molar-refractivity contribution is 7.07. The van der Waals surface area contributed by atoms with E-state index in [2.05, 4.69) is 23.7 Å². The summed E-state index contributed by atoms with van der Waals surface area (Å²) in [5.74, 6) is -0.435. The second-order valence-corrected chi connectivity index (χ2v) is 4.95. The number of hydrogen-bond acceptors (Lipinski definition) is 4. The summed E-state index contributed by atoms with van der Waals surface area (Å²) in [6.45, 7) is 4.02. The largest absolute Gasteiger partial charge is 0.475 e. The lowest BCUT2D eigenvalue weighted by atomic mass is 10.1. The minimum atomic E-state index is -1.04. The lowest BCUT2D eigenvalue weighted by Gasteiger charge is -2.17. The van der Waals surface area contributed by atoms with Gasteiger partial charge in [-0.1, -0.05) is 0 Å². The number of nitrogens with one attached hydrogen (secondary N) is 1. The smallest absolute Gasteiger partial charge is 0.371 e. The fourth-order valence-electron chi connectivity index (χ4n) is 1.78. The lowest BCUT2D eigenvalue weighted by Crippen LogP contribution is -2.21. The SMILES string of the molecule is CC(NC(C)c1ccc(C(=O)O)o1)c1ccsc1. The van der Waals surface area contributed by atoms with Gasteiger partial charge in [-0.2, -0.15) is 11.3 Å². The Morgan fingerprint density at radius 1 is 1.33 bits per heavy atom. The molecule has 0 radical (unpaired) electrons. The highest BCUT2D eigenvalue weighted by Crippen LogP contribution is 2.22. The molecule has 0 aliphatic heterocycles. The third-order valence-corrected chi connectivity index (χ3v) is 3.51. The fourth-order valence-corrected chi connectivity index (χ4v) is 2.53. The molecule has 18 heavy (non-hydrogen) atoms. The van der Waals surface area contributed by atoms with Crippen molar-refractivity contribution in [3.63, 3.8) is 0 Å². The highest BCUT2D eigenvalue weighted by Gasteiger charge is 2.16. The van der Waals surface area contributed by atoms with Crippen LogP contribution in [0.4, 0.5) is 0 Å². The summed E-state index contributed by atoms with van der Waals surface area (Å²) in [6.07, 6.45) is 0. The predicted molar refractivity (Wildman–Crippen MR) is 70.0 cm³/mol. The van der Waals surface area contributed by atoms with Crippen molar-refractivity contribution in [3.8, 4) is 0 Å². The Bertz CT molecular complexity index is 518. The number of carbonyl (C=O) groups is 1. The molecule has 0 aliphatic rings. The Morgan fingerprint density at radius 2 is 2.11 bits per heavy atom. The Hall–Kier alpha value is -1.59. The van der Waals surface area contributed by atoms with Crippen molar-refractivity contribution in [3.05, 3.63) is 46.0 Å². The molecule has 96 valence electrons. The minimum absolute atomic E-state index is 0.0261. The Kier molecular flexibility index (Phi) is 3.84. The molecule has 2 aromatic heterocycles. The molecule has 2 atom stereocenters. The van der Waals surface area contributed by atoms with Crippen LogP contribution in [0.25, 0.3) is 0 Å². The molecule has 0 aromatic carbocycles. The van der Waals surface area contributed by atoms with E-state index in [1.807, 2.05) is 12.3 Å². The molecule has 4 nitrogen and oxygen atoms in total. The van der Waals surface area contributed by atoms with E-state index in [-0.39, 0.29) is 17.8 Å². The van der Waals surface area contributed by atoms with Crippen molar-refractivity contribution in [2.24, 2.45) is 0 Å². The zero-order chi connectivity index (χ0) is 13.1. The molecule has 2 N–H and O–H groups in total. The summed E-state index contributed by atoms with van der Waals surface area (Å²) in [7, 11) is 0. The van der Waals surface area contributed by atoms with E-state index in [0.29, 0.717) is 5.76 Å². The third-order valence-electron chi connectivity index (χ3n) is 2.81. The summed E-state index contributed by atoms with van der Waals surface area (Å²) in [4.78, 5) is 10.7. The summed E-state index contributed by atoms with van der Waals surface area (Å²) in [5, 5.41) is 16.3. The normalized spacial score (nSPS) is 14.3. The van der Waals surface area contributed by atoms with Crippen molar-refractivity contribution in [2.45, 2.75) is 25.9 Å². The molecule has 0 bridgehead atoms. The molecule has 0 saturated heterocycles. The van der Waals surface area contributed by atoms with Crippen molar-refractivity contribution in [1.29, 1.82) is 0 Å². The van der Waals surface area contributed by atoms with Gasteiger partial charge in [0.25, 0.3) is 0 Å². The van der Waals surface area contributed by atoms with Gasteiger partial charge in [0.2, 0.25) is 5.76 Å². The van der Waals surface area contributed by atoms with Gasteiger partial charge in [0.05, 0.1) is 6.04 Å². The van der Waals surface area contributed by atoms with E-state index in [9.17, 15) is 4.79 Å². The number of furan rings is 1. The van der Waals surface area contributed by atoms with Gasteiger partial charge in [0, 0.05) is 6.04 Å². The first-order valence-electron chi connectivity index (χ1n) is 5.69. The Morgan fingerprint density at radius 3 is 2.67 bits per heavy atom. The maximum atomic E-state index is 10.7. The molecular formula is C13H15NO3S. The van der Waals surface area contributed by atoms with Crippen LogP contribution >= 0.6 is 11.3 Å². The summed E-state index contributed by atoms with van der Waals surface area (Å²) in [5.41, 5.74) is 1.22. The quantitative estimate of drug-likeness (QED) is 0.869. The first kappa shape index (κ1) is 12.9. The molecule has 0 fully saturated rings. The minimum Gasteiger partial charge on any atom is -0.475 e. The van der Waals surface area contributed by atoms with Gasteiger partial charge in [-0.05, 0) is 48.4 Å². The van der Waals surface area contributed by atoms with Crippen LogP contribution in [0.3, 0.4) is 0 Å². The molecule has 0 spiro atoms. The van der Waals surface area contributed by atoms with E-state index in [0.717, 1.165) is 0 Å². The van der Waals surface area contributed by atoms with Crippen LogP contribution in [-0.2, 0) is 0 Å². The number of carboxylic acid groups (broad SMARTS) is 1. The lowest BCUT2D eigenvalue weighted by molar-refractivity contribution is 0.0659. The summed E-state index contributed by atoms with van der Waals surface area (Å²) >= 11 is 1.66. The van der Waals surface area contributed by atoms with Crippen molar-refractivity contribution in [2.75, 3.05) is 0 Å². The van der Waals surface area contributed by atoms with Crippen molar-refractivity contribution >= 4 is 17.3 Å². The second kappa shape index (κ2) is 5.37. The molecule has 0 amide bonds. The number of aromatic carboxylic acids is 1. The number of carboxylic acids is 1. The van der Waals surface area contributed by atoms with E-state index >= 15 is 0 Å². The first-order valence-corrected chi connectivity index (χ1v) is 6.63. The monoisotopic (exact) mass is 265 g/mol. The zero-order valence-electron chi connectivity index (χ0n) is 10.2. The van der Waals surface area contributed by atoms with Crippen LogP contribution in [0.15, 0.2) is 33.4 Å². The molecule has 2 heterocycles. The number of rotatable bonds is 5. The maximum absolute atomic E-state index is 10.7. The van der Waals surface area contributed by atoms with E-state index < -0.39 is 5.97 Å². The summed E-state index contributed by atoms with van der Waals surface area (Å²) < 4.78 is 5.27.